The fourth-order valence-electron chi connectivity index (χ4n) is 2.47. The van der Waals surface area contributed by atoms with Crippen LogP contribution >= 0.6 is 22.9 Å². The number of amides is 3. The number of carbonyl (C=O) groups excluding carboxylic acids is 2. The Morgan fingerprint density at radius 1 is 1.25 bits per heavy atom. The third-order valence-corrected chi connectivity index (χ3v) is 5.45. The lowest BCUT2D eigenvalue weighted by molar-refractivity contribution is -0.119. The zero-order valence-corrected chi connectivity index (χ0v) is 17.9. The van der Waals surface area contributed by atoms with Gasteiger partial charge in [-0.25, -0.2) is 4.79 Å². The summed E-state index contributed by atoms with van der Waals surface area (Å²) in [4.78, 5) is 24.8. The van der Waals surface area contributed by atoms with Gasteiger partial charge in [0.2, 0.25) is 11.0 Å². The molecule has 152 valence electrons. The number of benzene rings is 1. The molecule has 3 N–H and O–H groups in total. The molecule has 2 rings (SSSR count). The molecule has 0 aliphatic rings. The van der Waals surface area contributed by atoms with E-state index in [1.165, 1.54) is 11.3 Å². The number of carbonyl (C=O) groups is 2. The first-order valence-corrected chi connectivity index (χ1v) is 10.6. The number of halogens is 1. The predicted octanol–water partition coefficient (Wildman–Crippen LogP) is 4.31. The van der Waals surface area contributed by atoms with Crippen molar-refractivity contribution in [2.24, 2.45) is 5.92 Å². The van der Waals surface area contributed by atoms with Crippen molar-refractivity contribution in [2.75, 3.05) is 11.9 Å². The summed E-state index contributed by atoms with van der Waals surface area (Å²) < 4.78 is 0. The van der Waals surface area contributed by atoms with Crippen LogP contribution in [0.5, 0.6) is 0 Å². The molecule has 28 heavy (non-hydrogen) atoms. The second-order valence-corrected chi connectivity index (χ2v) is 7.94. The second-order valence-electron chi connectivity index (χ2n) is 6.53. The normalized spacial score (nSPS) is 12.9. The Labute approximate surface area is 174 Å². The van der Waals surface area contributed by atoms with Crippen LogP contribution in [-0.2, 0) is 4.79 Å². The number of urea groups is 1. The highest BCUT2D eigenvalue weighted by Gasteiger charge is 2.26. The summed E-state index contributed by atoms with van der Waals surface area (Å²) >= 11 is 7.27. The minimum atomic E-state index is -0.662. The first-order chi connectivity index (χ1) is 13.4. The van der Waals surface area contributed by atoms with E-state index in [1.807, 2.05) is 26.0 Å². The van der Waals surface area contributed by atoms with Crippen LogP contribution in [0.15, 0.2) is 24.3 Å². The van der Waals surface area contributed by atoms with E-state index < -0.39 is 6.04 Å². The number of rotatable bonds is 9. The van der Waals surface area contributed by atoms with Crippen LogP contribution in [0, 0.1) is 5.92 Å². The summed E-state index contributed by atoms with van der Waals surface area (Å²) in [6.45, 7) is 6.53. The molecule has 0 bridgehead atoms. The van der Waals surface area contributed by atoms with Gasteiger partial charge in [0.15, 0.2) is 0 Å². The van der Waals surface area contributed by atoms with Crippen molar-refractivity contribution in [2.45, 2.75) is 46.1 Å². The van der Waals surface area contributed by atoms with Gasteiger partial charge < -0.3 is 10.6 Å². The molecule has 0 unspecified atom stereocenters. The lowest BCUT2D eigenvalue weighted by Gasteiger charge is -2.23. The minimum absolute atomic E-state index is 0.0303. The molecule has 2 aromatic rings. The van der Waals surface area contributed by atoms with Crippen LogP contribution in [0.3, 0.4) is 0 Å². The van der Waals surface area contributed by atoms with E-state index in [-0.39, 0.29) is 17.9 Å². The molecule has 0 saturated carbocycles. The Bertz CT molecular complexity index is 798. The van der Waals surface area contributed by atoms with Gasteiger partial charge in [-0.05, 0) is 24.5 Å². The third kappa shape index (κ3) is 6.45. The van der Waals surface area contributed by atoms with Gasteiger partial charge in [0.25, 0.3) is 0 Å². The van der Waals surface area contributed by atoms with Crippen molar-refractivity contribution in [3.05, 3.63) is 29.3 Å². The zero-order valence-electron chi connectivity index (χ0n) is 16.3. The van der Waals surface area contributed by atoms with Gasteiger partial charge in [-0.15, -0.1) is 10.2 Å². The molecule has 7 nitrogen and oxygen atoms in total. The van der Waals surface area contributed by atoms with Crippen LogP contribution in [0.4, 0.5) is 9.93 Å². The summed E-state index contributed by atoms with van der Waals surface area (Å²) in [6, 6.07) is 6.27. The van der Waals surface area contributed by atoms with Crippen molar-refractivity contribution in [3.8, 4) is 10.6 Å². The molecular weight excluding hydrogens is 398 g/mol. The van der Waals surface area contributed by atoms with Crippen molar-refractivity contribution >= 4 is 40.0 Å². The first kappa shape index (κ1) is 22.1. The SMILES string of the molecule is CCCCNC(=O)N[C@@H](C(=O)Nc1nnc(-c2cccc(Cl)c2)s1)[C@H](C)CC. The standard InChI is InChI=1S/C19H26ClN5O2S/c1-4-6-10-21-18(27)22-15(12(3)5-2)16(26)23-19-25-24-17(28-19)13-8-7-9-14(20)11-13/h7-9,11-12,15H,4-6,10H2,1-3H3,(H2,21,22,27)(H,23,25,26)/t12-,15-/m1/s1. The number of nitrogens with zero attached hydrogens (tertiary/aromatic N) is 2. The van der Waals surface area contributed by atoms with Gasteiger partial charge in [0.1, 0.15) is 11.0 Å². The van der Waals surface area contributed by atoms with Crippen molar-refractivity contribution in [3.63, 3.8) is 0 Å². The van der Waals surface area contributed by atoms with Gasteiger partial charge in [-0.1, -0.05) is 68.7 Å². The highest BCUT2D eigenvalue weighted by molar-refractivity contribution is 7.18. The molecule has 2 atom stereocenters. The third-order valence-electron chi connectivity index (χ3n) is 4.32. The molecule has 0 spiro atoms. The quantitative estimate of drug-likeness (QED) is 0.523. The Morgan fingerprint density at radius 2 is 2.04 bits per heavy atom. The van der Waals surface area contributed by atoms with E-state index in [4.69, 9.17) is 11.6 Å². The topological polar surface area (TPSA) is 96.0 Å². The van der Waals surface area contributed by atoms with Crippen molar-refractivity contribution in [1.29, 1.82) is 0 Å². The molecule has 0 aliphatic carbocycles. The Morgan fingerprint density at radius 3 is 2.71 bits per heavy atom. The first-order valence-electron chi connectivity index (χ1n) is 9.39. The number of hydrogen-bond donors (Lipinski definition) is 3. The summed E-state index contributed by atoms with van der Waals surface area (Å²) in [5, 5.41) is 18.1. The highest BCUT2D eigenvalue weighted by atomic mass is 35.5. The molecule has 9 heteroatoms. The lowest BCUT2D eigenvalue weighted by atomic mass is 9.98. The number of unbranched alkanes of at least 4 members (excludes halogenated alkanes) is 1. The van der Waals surface area contributed by atoms with E-state index in [0.29, 0.717) is 21.7 Å². The van der Waals surface area contributed by atoms with E-state index in [0.717, 1.165) is 24.8 Å². The molecule has 3 amide bonds. The number of anilines is 1. The second kappa shape index (κ2) is 11.0. The molecule has 0 fully saturated rings. The van der Waals surface area contributed by atoms with Crippen LogP contribution < -0.4 is 16.0 Å². The monoisotopic (exact) mass is 423 g/mol. The lowest BCUT2D eigenvalue weighted by Crippen LogP contribution is -2.51. The van der Waals surface area contributed by atoms with E-state index >= 15 is 0 Å². The van der Waals surface area contributed by atoms with Crippen LogP contribution in [0.25, 0.3) is 10.6 Å². The summed E-state index contributed by atoms with van der Waals surface area (Å²) in [5.74, 6) is -0.342. The maximum Gasteiger partial charge on any atom is 0.315 e. The number of aromatic nitrogens is 2. The Balaban J connectivity index is 2.03. The smallest absolute Gasteiger partial charge is 0.315 e. The average Bonchev–Trinajstić information content (AvgIpc) is 3.14. The van der Waals surface area contributed by atoms with E-state index in [9.17, 15) is 9.59 Å². The summed E-state index contributed by atoms with van der Waals surface area (Å²) in [6.07, 6.45) is 2.63. The zero-order chi connectivity index (χ0) is 20.5. The molecule has 1 heterocycles. The van der Waals surface area contributed by atoms with E-state index in [2.05, 4.69) is 33.1 Å². The molecular formula is C19H26ClN5O2S. The Kier molecular flexibility index (Phi) is 8.66. The van der Waals surface area contributed by atoms with Crippen LogP contribution in [0.2, 0.25) is 5.02 Å². The summed E-state index contributed by atoms with van der Waals surface area (Å²) in [5.41, 5.74) is 0.831. The van der Waals surface area contributed by atoms with Crippen molar-refractivity contribution < 1.29 is 9.59 Å². The predicted molar refractivity (Wildman–Crippen MR) is 114 cm³/mol. The summed E-state index contributed by atoms with van der Waals surface area (Å²) in [7, 11) is 0. The average molecular weight is 424 g/mol. The van der Waals surface area contributed by atoms with Gasteiger partial charge in [0.05, 0.1) is 0 Å². The maximum atomic E-state index is 12.7. The molecule has 1 aromatic carbocycles. The molecule has 0 radical (unpaired) electrons. The van der Waals surface area contributed by atoms with Crippen LogP contribution in [-0.4, -0.2) is 34.7 Å². The van der Waals surface area contributed by atoms with Gasteiger partial charge in [-0.2, -0.15) is 0 Å². The van der Waals surface area contributed by atoms with Gasteiger partial charge >= 0.3 is 6.03 Å². The fraction of sp³-hybridized carbons (Fsp3) is 0.474. The highest BCUT2D eigenvalue weighted by Crippen LogP contribution is 2.28. The van der Waals surface area contributed by atoms with Gasteiger partial charge in [-0.3, -0.25) is 10.1 Å². The van der Waals surface area contributed by atoms with Crippen LogP contribution in [0.1, 0.15) is 40.0 Å². The molecule has 0 saturated heterocycles. The van der Waals surface area contributed by atoms with Crippen molar-refractivity contribution in [1.82, 2.24) is 20.8 Å². The Hall–Kier alpha value is -2.19. The van der Waals surface area contributed by atoms with E-state index in [1.54, 1.807) is 12.1 Å². The number of hydrogen-bond acceptors (Lipinski definition) is 5. The largest absolute Gasteiger partial charge is 0.338 e. The maximum absolute atomic E-state index is 12.7. The number of nitrogens with one attached hydrogen (secondary N) is 3. The minimum Gasteiger partial charge on any atom is -0.338 e. The van der Waals surface area contributed by atoms with Gasteiger partial charge in [0, 0.05) is 17.1 Å². The molecule has 0 aliphatic heterocycles. The fourth-order valence-corrected chi connectivity index (χ4v) is 3.40. The molecule has 1 aromatic heterocycles.